The molecule has 1 aromatic rings. The van der Waals surface area contributed by atoms with Gasteiger partial charge in [0.2, 0.25) is 0 Å². The first-order chi connectivity index (χ1) is 4.79. The highest BCUT2D eigenvalue weighted by atomic mass is 32.1. The van der Waals surface area contributed by atoms with Gasteiger partial charge in [-0.05, 0) is 11.4 Å². The molecular weight excluding hydrogens is 152 g/mol. The third-order valence-electron chi connectivity index (χ3n) is 0.835. The second-order valence-corrected chi connectivity index (χ2v) is 2.35. The van der Waals surface area contributed by atoms with E-state index in [1.54, 1.807) is 11.4 Å². The first kappa shape index (κ1) is 6.88. The first-order valence-corrected chi connectivity index (χ1v) is 3.50. The molecule has 0 spiro atoms. The van der Waals surface area contributed by atoms with Crippen LogP contribution in [0.15, 0.2) is 16.8 Å². The van der Waals surface area contributed by atoms with Crippen molar-refractivity contribution in [3.05, 3.63) is 16.8 Å². The number of carbonyl (C=O) groups is 1. The molecule has 0 radical (unpaired) electrons. The molecule has 0 aromatic carbocycles. The van der Waals surface area contributed by atoms with E-state index in [4.69, 9.17) is 5.11 Å². The van der Waals surface area contributed by atoms with Gasteiger partial charge in [0.05, 0.1) is 5.69 Å². The number of anilines is 1. The normalized spacial score (nSPS) is 8.80. The maximum Gasteiger partial charge on any atom is 0.423 e. The Labute approximate surface area is 61.5 Å². The standard InChI is InChI=1S/C5H6N2O2S/c8-5(9)7-6-4-1-2-10-3-4/h1-3,6-7H,(H,8,9). The zero-order chi connectivity index (χ0) is 7.40. The van der Waals surface area contributed by atoms with Crippen LogP contribution in [0.3, 0.4) is 0 Å². The molecule has 0 aliphatic heterocycles. The summed E-state index contributed by atoms with van der Waals surface area (Å²) < 4.78 is 0. The van der Waals surface area contributed by atoms with E-state index in [0.717, 1.165) is 5.69 Å². The Morgan fingerprint density at radius 1 is 1.70 bits per heavy atom. The Balaban J connectivity index is 2.35. The summed E-state index contributed by atoms with van der Waals surface area (Å²) in [6.07, 6.45) is -1.09. The van der Waals surface area contributed by atoms with Crippen LogP contribution < -0.4 is 10.9 Å². The fourth-order valence-corrected chi connectivity index (χ4v) is 1.05. The van der Waals surface area contributed by atoms with Crippen molar-refractivity contribution in [3.8, 4) is 0 Å². The van der Waals surface area contributed by atoms with Crippen molar-refractivity contribution in [3.63, 3.8) is 0 Å². The SMILES string of the molecule is O=C(O)NNc1ccsc1. The molecule has 1 aromatic heterocycles. The highest BCUT2D eigenvalue weighted by Crippen LogP contribution is 2.09. The van der Waals surface area contributed by atoms with Crippen molar-refractivity contribution >= 4 is 23.1 Å². The predicted molar refractivity (Wildman–Crippen MR) is 39.1 cm³/mol. The largest absolute Gasteiger partial charge is 0.464 e. The minimum Gasteiger partial charge on any atom is -0.464 e. The number of nitrogens with one attached hydrogen (secondary N) is 2. The average molecular weight is 158 g/mol. The molecule has 0 atom stereocenters. The lowest BCUT2D eigenvalue weighted by atomic mass is 10.6. The minimum absolute atomic E-state index is 0.757. The van der Waals surface area contributed by atoms with Crippen molar-refractivity contribution < 1.29 is 9.90 Å². The van der Waals surface area contributed by atoms with Gasteiger partial charge in [-0.25, -0.2) is 10.2 Å². The third kappa shape index (κ3) is 1.94. The van der Waals surface area contributed by atoms with E-state index in [0.29, 0.717) is 0 Å². The number of hydrazine groups is 1. The van der Waals surface area contributed by atoms with Gasteiger partial charge >= 0.3 is 6.09 Å². The van der Waals surface area contributed by atoms with Gasteiger partial charge in [-0.15, -0.1) is 0 Å². The number of thiophene rings is 1. The van der Waals surface area contributed by atoms with E-state index in [2.05, 4.69) is 5.43 Å². The summed E-state index contributed by atoms with van der Waals surface area (Å²) >= 11 is 1.50. The fraction of sp³-hybridized carbons (Fsp3) is 0. The number of amides is 1. The minimum atomic E-state index is -1.09. The van der Waals surface area contributed by atoms with Gasteiger partial charge in [0.15, 0.2) is 0 Å². The quantitative estimate of drug-likeness (QED) is 0.569. The molecule has 0 saturated heterocycles. The van der Waals surface area contributed by atoms with Crippen LogP contribution in [-0.4, -0.2) is 11.2 Å². The summed E-state index contributed by atoms with van der Waals surface area (Å²) in [5.74, 6) is 0. The van der Waals surface area contributed by atoms with Gasteiger partial charge in [0.25, 0.3) is 0 Å². The van der Waals surface area contributed by atoms with Gasteiger partial charge in [0.1, 0.15) is 0 Å². The topological polar surface area (TPSA) is 61.4 Å². The lowest BCUT2D eigenvalue weighted by molar-refractivity contribution is 0.197. The second kappa shape index (κ2) is 3.07. The second-order valence-electron chi connectivity index (χ2n) is 1.57. The summed E-state index contributed by atoms with van der Waals surface area (Å²) in [5, 5.41) is 11.8. The number of rotatable bonds is 2. The fourth-order valence-electron chi connectivity index (χ4n) is 0.461. The molecule has 1 heterocycles. The lowest BCUT2D eigenvalue weighted by Crippen LogP contribution is -2.26. The van der Waals surface area contributed by atoms with E-state index in [9.17, 15) is 4.79 Å². The van der Waals surface area contributed by atoms with Gasteiger partial charge in [0, 0.05) is 5.38 Å². The summed E-state index contributed by atoms with van der Waals surface area (Å²) in [7, 11) is 0. The zero-order valence-electron chi connectivity index (χ0n) is 5.00. The Morgan fingerprint density at radius 3 is 3.00 bits per heavy atom. The van der Waals surface area contributed by atoms with Gasteiger partial charge in [-0.2, -0.15) is 11.3 Å². The molecule has 3 N–H and O–H groups in total. The van der Waals surface area contributed by atoms with E-state index in [1.807, 2.05) is 10.8 Å². The van der Waals surface area contributed by atoms with Crippen molar-refractivity contribution in [2.45, 2.75) is 0 Å². The Morgan fingerprint density at radius 2 is 2.50 bits per heavy atom. The molecule has 0 aliphatic rings. The molecular formula is C5H6N2O2S. The third-order valence-corrected chi connectivity index (χ3v) is 1.52. The number of hydrogen-bond donors (Lipinski definition) is 3. The smallest absolute Gasteiger partial charge is 0.423 e. The maximum atomic E-state index is 9.92. The van der Waals surface area contributed by atoms with Gasteiger partial charge in [-0.3, -0.25) is 5.43 Å². The first-order valence-electron chi connectivity index (χ1n) is 2.56. The molecule has 1 rings (SSSR count). The summed E-state index contributed by atoms with van der Waals surface area (Å²) in [4.78, 5) is 9.92. The molecule has 4 nitrogen and oxygen atoms in total. The summed E-state index contributed by atoms with van der Waals surface area (Å²) in [5.41, 5.74) is 5.26. The predicted octanol–water partition coefficient (Wildman–Crippen LogP) is 1.34. The zero-order valence-corrected chi connectivity index (χ0v) is 5.81. The van der Waals surface area contributed by atoms with E-state index in [-0.39, 0.29) is 0 Å². The van der Waals surface area contributed by atoms with E-state index < -0.39 is 6.09 Å². The maximum absolute atomic E-state index is 9.92. The van der Waals surface area contributed by atoms with Crippen LogP contribution in [0.4, 0.5) is 10.5 Å². The number of carboxylic acid groups (broad SMARTS) is 1. The van der Waals surface area contributed by atoms with Crippen LogP contribution in [0.1, 0.15) is 0 Å². The van der Waals surface area contributed by atoms with Crippen LogP contribution >= 0.6 is 11.3 Å². The monoisotopic (exact) mass is 158 g/mol. The molecule has 54 valence electrons. The van der Waals surface area contributed by atoms with Crippen LogP contribution in [0, 0.1) is 0 Å². The van der Waals surface area contributed by atoms with Crippen molar-refractivity contribution in [1.29, 1.82) is 0 Å². The molecule has 0 bridgehead atoms. The van der Waals surface area contributed by atoms with Crippen LogP contribution in [0.2, 0.25) is 0 Å². The Hall–Kier alpha value is -1.23. The van der Waals surface area contributed by atoms with Gasteiger partial charge in [-0.1, -0.05) is 0 Å². The van der Waals surface area contributed by atoms with E-state index in [1.165, 1.54) is 11.3 Å². The Kier molecular flexibility index (Phi) is 2.11. The summed E-state index contributed by atoms with van der Waals surface area (Å²) in [6, 6.07) is 1.78. The Bertz CT molecular complexity index is 209. The van der Waals surface area contributed by atoms with Crippen molar-refractivity contribution in [2.75, 3.05) is 5.43 Å². The highest BCUT2D eigenvalue weighted by molar-refractivity contribution is 7.08. The van der Waals surface area contributed by atoms with Crippen molar-refractivity contribution in [2.24, 2.45) is 0 Å². The van der Waals surface area contributed by atoms with Crippen LogP contribution in [-0.2, 0) is 0 Å². The molecule has 0 saturated carbocycles. The highest BCUT2D eigenvalue weighted by Gasteiger charge is 1.92. The summed E-state index contributed by atoms with van der Waals surface area (Å²) in [6.45, 7) is 0. The van der Waals surface area contributed by atoms with Gasteiger partial charge < -0.3 is 5.11 Å². The number of hydrogen-bond acceptors (Lipinski definition) is 3. The molecule has 0 unspecified atom stereocenters. The molecule has 10 heavy (non-hydrogen) atoms. The molecule has 0 fully saturated rings. The van der Waals surface area contributed by atoms with E-state index >= 15 is 0 Å². The molecule has 0 aliphatic carbocycles. The van der Waals surface area contributed by atoms with Crippen molar-refractivity contribution in [1.82, 2.24) is 5.43 Å². The molecule has 1 amide bonds. The molecule has 5 heteroatoms. The average Bonchev–Trinajstić information content (AvgIpc) is 2.34. The van der Waals surface area contributed by atoms with Crippen LogP contribution in [0.25, 0.3) is 0 Å². The van der Waals surface area contributed by atoms with Crippen LogP contribution in [0.5, 0.6) is 0 Å². The lowest BCUT2D eigenvalue weighted by Gasteiger charge is -1.99.